The minimum atomic E-state index is -0.348. The predicted molar refractivity (Wildman–Crippen MR) is 187 cm³/mol. The number of unbranched alkanes of at least 4 members (excludes halogenated alkanes) is 13. The Kier molecular flexibility index (Phi) is 15.5. The first-order chi connectivity index (χ1) is 23.0. The van der Waals surface area contributed by atoms with Gasteiger partial charge in [0.25, 0.3) is 6.47 Å². The maximum Gasteiger partial charge on any atom is 0.293 e. The molecule has 4 rings (SSSR count). The Hall–Kier alpha value is -3.46. The molecule has 0 saturated carbocycles. The molecule has 0 spiro atoms. The van der Waals surface area contributed by atoms with E-state index in [-0.39, 0.29) is 54.9 Å². The van der Waals surface area contributed by atoms with Crippen LogP contribution in [-0.2, 0) is 28.7 Å². The molecule has 8 nitrogen and oxygen atoms in total. The van der Waals surface area contributed by atoms with Crippen molar-refractivity contribution in [1.29, 1.82) is 0 Å². The van der Waals surface area contributed by atoms with Crippen LogP contribution in [0.2, 0.25) is 0 Å². The third kappa shape index (κ3) is 11.1. The van der Waals surface area contributed by atoms with Crippen molar-refractivity contribution in [3.05, 3.63) is 53.6 Å². The topological polar surface area (TPSA) is 110 Å². The summed E-state index contributed by atoms with van der Waals surface area (Å²) >= 11 is 1.57. The molecule has 3 amide bonds. The zero-order chi connectivity index (χ0) is 33.3. The van der Waals surface area contributed by atoms with E-state index in [9.17, 15) is 24.0 Å². The number of amides is 3. The summed E-state index contributed by atoms with van der Waals surface area (Å²) in [5.74, 6) is 0.111. The van der Waals surface area contributed by atoms with Gasteiger partial charge in [0.15, 0.2) is 0 Å². The van der Waals surface area contributed by atoms with Crippen LogP contribution in [0.25, 0.3) is 11.1 Å². The number of carbonyl (C=O) groups is 5. The molecule has 2 aliphatic rings. The Morgan fingerprint density at radius 3 is 2.15 bits per heavy atom. The fourth-order valence-electron chi connectivity index (χ4n) is 6.66. The summed E-state index contributed by atoms with van der Waals surface area (Å²) in [6, 6.07) is 13.7. The van der Waals surface area contributed by atoms with Gasteiger partial charge in [-0.1, -0.05) is 101 Å². The minimum absolute atomic E-state index is 0.0341. The molecule has 1 N–H and O–H groups in total. The number of likely N-dealkylation sites (tertiary alicyclic amines) is 1. The van der Waals surface area contributed by atoms with Gasteiger partial charge in [0.05, 0.1) is 5.25 Å². The Morgan fingerprint density at radius 1 is 0.830 bits per heavy atom. The van der Waals surface area contributed by atoms with E-state index in [2.05, 4.69) is 5.32 Å². The number of aldehydes is 1. The molecule has 1 aliphatic carbocycles. The number of nitrogens with zero attached hydrogens (tertiary/aromatic N) is 1. The molecule has 254 valence electrons. The van der Waals surface area contributed by atoms with Gasteiger partial charge in [0.2, 0.25) is 17.7 Å². The van der Waals surface area contributed by atoms with Crippen molar-refractivity contribution in [3.8, 4) is 11.1 Å². The summed E-state index contributed by atoms with van der Waals surface area (Å²) in [5, 5.41) is 2.56. The smallest absolute Gasteiger partial charge is 0.293 e. The molecule has 2 unspecified atom stereocenters. The zero-order valence-corrected chi connectivity index (χ0v) is 28.4. The van der Waals surface area contributed by atoms with E-state index >= 15 is 0 Å². The fraction of sp³-hybridized carbons (Fsp3) is 0.553. The molecule has 47 heavy (non-hydrogen) atoms. The molecular formula is C38H50N2O6S. The van der Waals surface area contributed by atoms with Crippen LogP contribution in [0.3, 0.4) is 0 Å². The Bertz CT molecular complexity index is 1350. The number of carbonyl (C=O) groups excluding carboxylic acids is 5. The van der Waals surface area contributed by atoms with Crippen LogP contribution in [0, 0.1) is 0 Å². The number of benzene rings is 2. The standard InChI is InChI=1S/C38H50N2O6S/c41-23-15-11-9-7-5-3-1-2-4-6-8-10-12-16-24-47-35-26-37(44)40(38(35)45)22-21-36(43)39-29-19-20-32-30-17-13-14-18-31(30)34(27-46-28-42)33(32)25-29/h13-14,17-20,23,25,28,34-35H,1-12,15-16,21-22,24,26-27H2,(H,39,43). The monoisotopic (exact) mass is 662 g/mol. The molecule has 0 radical (unpaired) electrons. The highest BCUT2D eigenvalue weighted by Gasteiger charge is 2.38. The number of ether oxygens (including phenoxy) is 1. The molecular weight excluding hydrogens is 612 g/mol. The van der Waals surface area contributed by atoms with Gasteiger partial charge in [-0.25, -0.2) is 0 Å². The molecule has 2 aromatic carbocycles. The van der Waals surface area contributed by atoms with Crippen LogP contribution < -0.4 is 5.32 Å². The molecule has 2 aromatic rings. The summed E-state index contributed by atoms with van der Waals surface area (Å²) in [7, 11) is 0. The quantitative estimate of drug-likeness (QED) is 0.0693. The highest BCUT2D eigenvalue weighted by molar-refractivity contribution is 8.00. The molecule has 0 bridgehead atoms. The van der Waals surface area contributed by atoms with E-state index in [1.165, 1.54) is 69.1 Å². The highest BCUT2D eigenvalue weighted by atomic mass is 32.2. The number of imide groups is 1. The summed E-state index contributed by atoms with van der Waals surface area (Å²) in [6.45, 7) is 0.747. The number of hydrogen-bond acceptors (Lipinski definition) is 7. The van der Waals surface area contributed by atoms with E-state index < -0.39 is 0 Å². The SMILES string of the molecule is O=CCCCCCCCCCCCCCCCSC1CC(=O)N(CCC(=O)Nc2ccc3c(c2)C(COC=O)c2ccccc2-3)C1=O. The minimum Gasteiger partial charge on any atom is -0.467 e. The number of rotatable bonds is 24. The highest BCUT2D eigenvalue weighted by Crippen LogP contribution is 2.45. The first-order valence-electron chi connectivity index (χ1n) is 17.5. The second kappa shape index (κ2) is 20.0. The Labute approximate surface area is 283 Å². The first kappa shape index (κ1) is 36.4. The van der Waals surface area contributed by atoms with Gasteiger partial charge in [-0.2, -0.15) is 0 Å². The van der Waals surface area contributed by atoms with E-state index in [1.807, 2.05) is 42.5 Å². The van der Waals surface area contributed by atoms with Crippen molar-refractivity contribution < 1.29 is 28.7 Å². The number of fused-ring (bicyclic) bond motifs is 3. The van der Waals surface area contributed by atoms with Crippen LogP contribution in [-0.4, -0.2) is 59.5 Å². The number of hydrogen-bond donors (Lipinski definition) is 1. The van der Waals surface area contributed by atoms with Crippen LogP contribution in [0.15, 0.2) is 42.5 Å². The van der Waals surface area contributed by atoms with E-state index in [1.54, 1.807) is 11.8 Å². The molecule has 1 saturated heterocycles. The molecule has 9 heteroatoms. The zero-order valence-electron chi connectivity index (χ0n) is 27.6. The first-order valence-corrected chi connectivity index (χ1v) is 18.6. The van der Waals surface area contributed by atoms with Gasteiger partial charge in [0, 0.05) is 37.4 Å². The second-order valence-electron chi connectivity index (χ2n) is 12.7. The molecule has 1 heterocycles. The van der Waals surface area contributed by atoms with Gasteiger partial charge < -0.3 is 14.8 Å². The maximum atomic E-state index is 12.9. The summed E-state index contributed by atoms with van der Waals surface area (Å²) in [6.07, 6.45) is 17.9. The van der Waals surface area contributed by atoms with E-state index in [0.29, 0.717) is 18.6 Å². The second-order valence-corrected chi connectivity index (χ2v) is 14.0. The lowest BCUT2D eigenvalue weighted by atomic mass is 9.97. The Morgan fingerprint density at radius 2 is 1.47 bits per heavy atom. The molecule has 2 atom stereocenters. The molecule has 1 fully saturated rings. The van der Waals surface area contributed by atoms with Crippen LogP contribution in [0.5, 0.6) is 0 Å². The average Bonchev–Trinajstić information content (AvgIpc) is 3.53. The van der Waals surface area contributed by atoms with Gasteiger partial charge in [-0.05, 0) is 53.0 Å². The van der Waals surface area contributed by atoms with Gasteiger partial charge in [-0.15, -0.1) is 11.8 Å². The van der Waals surface area contributed by atoms with Gasteiger partial charge >= 0.3 is 0 Å². The summed E-state index contributed by atoms with van der Waals surface area (Å²) in [5.41, 5.74) is 4.83. The van der Waals surface area contributed by atoms with Crippen LogP contribution in [0.4, 0.5) is 5.69 Å². The summed E-state index contributed by atoms with van der Waals surface area (Å²) < 4.78 is 5.11. The third-order valence-electron chi connectivity index (χ3n) is 9.22. The predicted octanol–water partition coefficient (Wildman–Crippen LogP) is 7.82. The number of nitrogens with one attached hydrogen (secondary N) is 1. The normalized spacial score (nSPS) is 16.6. The van der Waals surface area contributed by atoms with Crippen molar-refractivity contribution in [2.45, 2.75) is 114 Å². The fourth-order valence-corrected chi connectivity index (χ4v) is 7.84. The van der Waals surface area contributed by atoms with Crippen molar-refractivity contribution in [2.75, 3.05) is 24.2 Å². The largest absolute Gasteiger partial charge is 0.467 e. The average molecular weight is 663 g/mol. The van der Waals surface area contributed by atoms with Gasteiger partial charge in [-0.3, -0.25) is 24.1 Å². The lowest BCUT2D eigenvalue weighted by molar-refractivity contribution is -0.138. The van der Waals surface area contributed by atoms with Crippen molar-refractivity contribution in [3.63, 3.8) is 0 Å². The van der Waals surface area contributed by atoms with E-state index in [4.69, 9.17) is 4.74 Å². The van der Waals surface area contributed by atoms with Crippen molar-refractivity contribution in [1.82, 2.24) is 4.90 Å². The van der Waals surface area contributed by atoms with Crippen LogP contribution >= 0.6 is 11.8 Å². The maximum absolute atomic E-state index is 12.9. The number of anilines is 1. The lowest BCUT2D eigenvalue weighted by Crippen LogP contribution is -2.34. The van der Waals surface area contributed by atoms with Crippen LogP contribution in [0.1, 0.15) is 120 Å². The lowest BCUT2D eigenvalue weighted by Gasteiger charge is -2.16. The summed E-state index contributed by atoms with van der Waals surface area (Å²) in [4.78, 5) is 60.8. The van der Waals surface area contributed by atoms with Crippen molar-refractivity contribution >= 4 is 47.9 Å². The van der Waals surface area contributed by atoms with E-state index in [0.717, 1.165) is 53.6 Å². The van der Waals surface area contributed by atoms with Crippen molar-refractivity contribution in [2.24, 2.45) is 0 Å². The molecule has 0 aromatic heterocycles. The third-order valence-corrected chi connectivity index (χ3v) is 10.5. The van der Waals surface area contributed by atoms with Gasteiger partial charge in [0.1, 0.15) is 12.9 Å². The molecule has 1 aliphatic heterocycles. The number of thioether (sulfide) groups is 1. The Balaban J connectivity index is 1.08.